The Morgan fingerprint density at radius 3 is 2.08 bits per heavy atom. The van der Waals surface area contributed by atoms with Gasteiger partial charge in [-0.1, -0.05) is 6.42 Å². The maximum atomic E-state index is 8.66. The van der Waals surface area contributed by atoms with Crippen LogP contribution in [0, 0.1) is 0 Å². The van der Waals surface area contributed by atoms with Gasteiger partial charge in [-0.3, -0.25) is 0 Å². The molecule has 2 N–H and O–H groups in total. The Kier molecular flexibility index (Phi) is 7.69. The Morgan fingerprint density at radius 1 is 1.08 bits per heavy atom. The third-order valence-electron chi connectivity index (χ3n) is 1.49. The maximum Gasteiger partial charge on any atom is 0.169 e. The van der Waals surface area contributed by atoms with Gasteiger partial charge in [0.25, 0.3) is 0 Å². The lowest BCUT2D eigenvalue weighted by atomic mass is 10.1. The number of aliphatic hydroxyl groups is 2. The first-order valence-corrected chi connectivity index (χ1v) is 5.20. The molecule has 5 heteroatoms. The van der Waals surface area contributed by atoms with Crippen LogP contribution in [0.4, 0.5) is 0 Å². The van der Waals surface area contributed by atoms with Gasteiger partial charge in [0.1, 0.15) is 5.38 Å². The smallest absolute Gasteiger partial charge is 0.169 e. The highest BCUT2D eigenvalue weighted by Crippen LogP contribution is 2.18. The summed E-state index contributed by atoms with van der Waals surface area (Å²) in [4.78, 5) is 0. The maximum absolute atomic E-state index is 8.66. The quantitative estimate of drug-likeness (QED) is 0.419. The van der Waals surface area contributed by atoms with E-state index in [1.807, 2.05) is 0 Å². The molecule has 0 bridgehead atoms. The Balaban J connectivity index is 3.49. The van der Waals surface area contributed by atoms with Crippen molar-refractivity contribution in [1.82, 2.24) is 0 Å². The predicted octanol–water partition coefficient (Wildman–Crippen LogP) is 1.92. The highest BCUT2D eigenvalue weighted by molar-refractivity contribution is 6.30. The van der Waals surface area contributed by atoms with E-state index in [1.165, 1.54) is 0 Å². The largest absolute Gasteiger partial charge is 0.367 e. The molecular formula is C7H13Cl3O2. The van der Waals surface area contributed by atoms with Gasteiger partial charge < -0.3 is 10.2 Å². The van der Waals surface area contributed by atoms with Crippen LogP contribution in [0.1, 0.15) is 19.3 Å². The summed E-state index contributed by atoms with van der Waals surface area (Å²) in [6, 6.07) is 0. The van der Waals surface area contributed by atoms with Crippen molar-refractivity contribution in [3.63, 3.8) is 0 Å². The topological polar surface area (TPSA) is 40.5 Å². The lowest BCUT2D eigenvalue weighted by Gasteiger charge is -2.16. The second-order valence-electron chi connectivity index (χ2n) is 2.56. The van der Waals surface area contributed by atoms with Gasteiger partial charge in [0.15, 0.2) is 6.29 Å². The molecule has 2 atom stereocenters. The number of unbranched alkanes of at least 4 members (excludes halogenated alkanes) is 1. The molecule has 0 saturated carbocycles. The van der Waals surface area contributed by atoms with Crippen molar-refractivity contribution in [2.45, 2.75) is 36.3 Å². The fourth-order valence-electron chi connectivity index (χ4n) is 0.780. The molecule has 0 aromatic rings. The summed E-state index contributed by atoms with van der Waals surface area (Å²) in [5, 5.41) is 16.1. The van der Waals surface area contributed by atoms with E-state index in [1.54, 1.807) is 0 Å². The Hall–Kier alpha value is 0.790. The van der Waals surface area contributed by atoms with E-state index in [4.69, 9.17) is 45.0 Å². The molecule has 2 unspecified atom stereocenters. The molecule has 74 valence electrons. The first kappa shape index (κ1) is 12.8. The molecule has 12 heavy (non-hydrogen) atoms. The fourth-order valence-corrected chi connectivity index (χ4v) is 1.38. The minimum Gasteiger partial charge on any atom is -0.367 e. The van der Waals surface area contributed by atoms with Crippen LogP contribution in [0.15, 0.2) is 0 Å². The zero-order chi connectivity index (χ0) is 9.56. The van der Waals surface area contributed by atoms with Gasteiger partial charge in [-0.05, 0) is 12.8 Å². The van der Waals surface area contributed by atoms with Gasteiger partial charge in [-0.15, -0.1) is 34.8 Å². The summed E-state index contributed by atoms with van der Waals surface area (Å²) in [6.45, 7) is 0. The molecule has 0 spiro atoms. The average molecular weight is 236 g/mol. The second-order valence-corrected chi connectivity index (χ2v) is 4.00. The van der Waals surface area contributed by atoms with Crippen LogP contribution in [0.3, 0.4) is 0 Å². The van der Waals surface area contributed by atoms with Gasteiger partial charge in [0, 0.05) is 5.88 Å². The van der Waals surface area contributed by atoms with Gasteiger partial charge in [-0.2, -0.15) is 0 Å². The monoisotopic (exact) mass is 234 g/mol. The van der Waals surface area contributed by atoms with E-state index in [0.29, 0.717) is 12.3 Å². The summed E-state index contributed by atoms with van der Waals surface area (Å²) < 4.78 is 0. The molecule has 0 radical (unpaired) electrons. The van der Waals surface area contributed by atoms with Crippen LogP contribution in [-0.4, -0.2) is 33.1 Å². The number of aliphatic hydroxyl groups excluding tert-OH is 1. The Morgan fingerprint density at radius 2 is 1.67 bits per heavy atom. The molecule has 0 amide bonds. The SMILES string of the molecule is OC(O)C(Cl)C(Cl)CCCCCl. The van der Waals surface area contributed by atoms with Crippen LogP contribution in [-0.2, 0) is 0 Å². The lowest BCUT2D eigenvalue weighted by Crippen LogP contribution is -2.29. The molecule has 0 aromatic carbocycles. The van der Waals surface area contributed by atoms with Crippen molar-refractivity contribution >= 4 is 34.8 Å². The van der Waals surface area contributed by atoms with Crippen molar-refractivity contribution in [2.75, 3.05) is 5.88 Å². The van der Waals surface area contributed by atoms with Crippen molar-refractivity contribution in [2.24, 2.45) is 0 Å². The Bertz CT molecular complexity index is 111. The highest BCUT2D eigenvalue weighted by atomic mass is 35.5. The molecule has 2 nitrogen and oxygen atoms in total. The van der Waals surface area contributed by atoms with Crippen LogP contribution in [0.2, 0.25) is 0 Å². The van der Waals surface area contributed by atoms with Gasteiger partial charge in [0.2, 0.25) is 0 Å². The number of halogens is 3. The normalized spacial score (nSPS) is 16.5. The first-order valence-electron chi connectivity index (χ1n) is 3.80. The summed E-state index contributed by atoms with van der Waals surface area (Å²) >= 11 is 16.8. The van der Waals surface area contributed by atoms with Crippen LogP contribution in [0.5, 0.6) is 0 Å². The highest BCUT2D eigenvalue weighted by Gasteiger charge is 2.22. The molecular weight excluding hydrogens is 222 g/mol. The summed E-state index contributed by atoms with van der Waals surface area (Å²) in [5.41, 5.74) is 0. The van der Waals surface area contributed by atoms with Crippen LogP contribution >= 0.6 is 34.8 Å². The van der Waals surface area contributed by atoms with E-state index in [9.17, 15) is 0 Å². The summed E-state index contributed by atoms with van der Waals surface area (Å²) in [7, 11) is 0. The average Bonchev–Trinajstić information content (AvgIpc) is 2.03. The molecule has 0 fully saturated rings. The minimum absolute atomic E-state index is 0.408. The zero-order valence-corrected chi connectivity index (χ0v) is 8.86. The molecule has 0 aliphatic carbocycles. The van der Waals surface area contributed by atoms with Crippen molar-refractivity contribution in [1.29, 1.82) is 0 Å². The second kappa shape index (κ2) is 7.22. The molecule has 0 rings (SSSR count). The number of alkyl halides is 3. The first-order chi connectivity index (χ1) is 5.59. The third kappa shape index (κ3) is 5.44. The predicted molar refractivity (Wildman–Crippen MR) is 52.1 cm³/mol. The molecule has 0 aliphatic heterocycles. The van der Waals surface area contributed by atoms with E-state index < -0.39 is 17.0 Å². The Labute approximate surface area is 87.4 Å². The number of hydrogen-bond donors (Lipinski definition) is 2. The number of hydrogen-bond acceptors (Lipinski definition) is 2. The molecule has 0 saturated heterocycles. The van der Waals surface area contributed by atoms with Crippen molar-refractivity contribution < 1.29 is 10.2 Å². The van der Waals surface area contributed by atoms with Crippen molar-refractivity contribution in [3.8, 4) is 0 Å². The lowest BCUT2D eigenvalue weighted by molar-refractivity contribution is -0.0424. The molecule has 0 aliphatic rings. The fraction of sp³-hybridized carbons (Fsp3) is 1.00. The van der Waals surface area contributed by atoms with Crippen LogP contribution in [0.25, 0.3) is 0 Å². The number of rotatable bonds is 6. The van der Waals surface area contributed by atoms with Gasteiger partial charge in [0.05, 0.1) is 5.38 Å². The van der Waals surface area contributed by atoms with E-state index in [-0.39, 0.29) is 0 Å². The summed E-state index contributed by atoms with van der Waals surface area (Å²) in [5.74, 6) is 0.595. The zero-order valence-electron chi connectivity index (χ0n) is 6.59. The van der Waals surface area contributed by atoms with E-state index in [0.717, 1.165) is 12.8 Å². The van der Waals surface area contributed by atoms with E-state index >= 15 is 0 Å². The molecule has 0 heterocycles. The summed E-state index contributed by atoms with van der Waals surface area (Å²) in [6.07, 6.45) is 0.828. The third-order valence-corrected chi connectivity index (χ3v) is 2.91. The standard InChI is InChI=1S/C7H13Cl3O2/c8-4-2-1-3-5(9)6(10)7(11)12/h5-7,11-12H,1-4H2. The molecule has 0 aromatic heterocycles. The van der Waals surface area contributed by atoms with E-state index in [2.05, 4.69) is 0 Å². The van der Waals surface area contributed by atoms with Crippen LogP contribution < -0.4 is 0 Å². The van der Waals surface area contributed by atoms with Crippen molar-refractivity contribution in [3.05, 3.63) is 0 Å². The van der Waals surface area contributed by atoms with Gasteiger partial charge in [-0.25, -0.2) is 0 Å². The minimum atomic E-state index is -1.55. The van der Waals surface area contributed by atoms with Gasteiger partial charge >= 0.3 is 0 Å².